The van der Waals surface area contributed by atoms with Crippen LogP contribution in [0, 0.1) is 6.92 Å². The van der Waals surface area contributed by atoms with Crippen LogP contribution in [0.2, 0.25) is 0 Å². The zero-order chi connectivity index (χ0) is 13.9. The summed E-state index contributed by atoms with van der Waals surface area (Å²) in [5.41, 5.74) is 2.87. The first-order valence-corrected chi connectivity index (χ1v) is 6.02. The molecule has 0 unspecified atom stereocenters. The van der Waals surface area contributed by atoms with Crippen LogP contribution in [0.25, 0.3) is 0 Å². The first kappa shape index (κ1) is 12.3. The summed E-state index contributed by atoms with van der Waals surface area (Å²) < 4.78 is 15.7. The maximum atomic E-state index is 11.9. The molecule has 0 saturated heterocycles. The van der Waals surface area contributed by atoms with Gasteiger partial charge in [-0.15, -0.1) is 0 Å². The van der Waals surface area contributed by atoms with Gasteiger partial charge in [0.1, 0.15) is 11.5 Å². The van der Waals surface area contributed by atoms with Crippen molar-refractivity contribution in [3.05, 3.63) is 47.4 Å². The lowest BCUT2D eigenvalue weighted by molar-refractivity contribution is 0.0954. The van der Waals surface area contributed by atoms with Crippen molar-refractivity contribution in [3.63, 3.8) is 0 Å². The summed E-state index contributed by atoms with van der Waals surface area (Å²) in [5, 5.41) is 3.83. The Morgan fingerprint density at radius 1 is 1.25 bits per heavy atom. The average molecular weight is 272 g/mol. The van der Waals surface area contributed by atoms with E-state index in [9.17, 15) is 4.79 Å². The minimum absolute atomic E-state index is 0.177. The summed E-state index contributed by atoms with van der Waals surface area (Å²) >= 11 is 0. The summed E-state index contributed by atoms with van der Waals surface area (Å²) in [7, 11) is 0. The molecule has 2 aromatic rings. The topological polar surface area (TPSA) is 73.1 Å². The van der Waals surface area contributed by atoms with E-state index in [4.69, 9.17) is 13.9 Å². The first-order valence-electron chi connectivity index (χ1n) is 6.02. The molecule has 0 spiro atoms. The number of fused-ring (bicyclic) bond motifs is 1. The number of hydrazone groups is 1. The van der Waals surface area contributed by atoms with E-state index in [-0.39, 0.29) is 12.7 Å². The molecule has 6 heteroatoms. The summed E-state index contributed by atoms with van der Waals surface area (Å²) in [6.07, 6.45) is 1.44. The number of nitrogens with one attached hydrogen (secondary N) is 1. The fourth-order valence-electron chi connectivity index (χ4n) is 1.78. The van der Waals surface area contributed by atoms with E-state index < -0.39 is 0 Å². The SMILES string of the molecule is Cc1ccc(C=NNC(=O)c2ccc3c(c2)OCO3)o1. The maximum Gasteiger partial charge on any atom is 0.271 e. The molecule has 102 valence electrons. The van der Waals surface area contributed by atoms with E-state index in [1.165, 1.54) is 6.21 Å². The largest absolute Gasteiger partial charge is 0.460 e. The Morgan fingerprint density at radius 2 is 2.10 bits per heavy atom. The molecule has 0 radical (unpaired) electrons. The molecule has 1 aromatic heterocycles. The van der Waals surface area contributed by atoms with Crippen LogP contribution < -0.4 is 14.9 Å². The minimum Gasteiger partial charge on any atom is -0.460 e. The van der Waals surface area contributed by atoms with Gasteiger partial charge in [-0.3, -0.25) is 4.79 Å². The number of hydrogen-bond donors (Lipinski definition) is 1. The Balaban J connectivity index is 1.66. The van der Waals surface area contributed by atoms with Gasteiger partial charge in [-0.05, 0) is 37.3 Å². The summed E-state index contributed by atoms with van der Waals surface area (Å²) in [6, 6.07) is 8.54. The molecule has 1 amide bonds. The van der Waals surface area contributed by atoms with Crippen LogP contribution in [0.1, 0.15) is 21.9 Å². The molecule has 20 heavy (non-hydrogen) atoms. The highest BCUT2D eigenvalue weighted by Gasteiger charge is 2.15. The van der Waals surface area contributed by atoms with Crippen molar-refractivity contribution in [3.8, 4) is 11.5 Å². The number of ether oxygens (including phenoxy) is 2. The maximum absolute atomic E-state index is 11.9. The van der Waals surface area contributed by atoms with Crippen molar-refractivity contribution in [2.45, 2.75) is 6.92 Å². The molecule has 0 bridgehead atoms. The van der Waals surface area contributed by atoms with Crippen molar-refractivity contribution in [1.82, 2.24) is 5.43 Å². The van der Waals surface area contributed by atoms with Gasteiger partial charge in [-0.2, -0.15) is 5.10 Å². The van der Waals surface area contributed by atoms with Gasteiger partial charge in [0.15, 0.2) is 11.5 Å². The van der Waals surface area contributed by atoms with E-state index in [2.05, 4.69) is 10.5 Å². The Hall–Kier alpha value is -2.76. The normalized spacial score (nSPS) is 12.8. The number of carbonyl (C=O) groups excluding carboxylic acids is 1. The zero-order valence-corrected chi connectivity index (χ0v) is 10.8. The lowest BCUT2D eigenvalue weighted by atomic mass is 10.2. The van der Waals surface area contributed by atoms with Crippen molar-refractivity contribution in [1.29, 1.82) is 0 Å². The third-order valence-corrected chi connectivity index (χ3v) is 2.75. The van der Waals surface area contributed by atoms with Gasteiger partial charge in [0.05, 0.1) is 6.21 Å². The fraction of sp³-hybridized carbons (Fsp3) is 0.143. The molecule has 6 nitrogen and oxygen atoms in total. The van der Waals surface area contributed by atoms with Gasteiger partial charge in [-0.25, -0.2) is 5.43 Å². The van der Waals surface area contributed by atoms with Crippen molar-refractivity contribution < 1.29 is 18.7 Å². The number of hydrogen-bond acceptors (Lipinski definition) is 5. The van der Waals surface area contributed by atoms with Gasteiger partial charge in [0.2, 0.25) is 6.79 Å². The van der Waals surface area contributed by atoms with Gasteiger partial charge in [0, 0.05) is 5.56 Å². The Bertz CT molecular complexity index is 676. The zero-order valence-electron chi connectivity index (χ0n) is 10.8. The van der Waals surface area contributed by atoms with Crippen molar-refractivity contribution in [2.24, 2.45) is 5.10 Å². The third kappa shape index (κ3) is 2.49. The number of rotatable bonds is 3. The van der Waals surface area contributed by atoms with Crippen LogP contribution in [-0.2, 0) is 0 Å². The fourth-order valence-corrected chi connectivity index (χ4v) is 1.78. The second-order valence-electron chi connectivity index (χ2n) is 4.22. The van der Waals surface area contributed by atoms with Crippen LogP contribution in [0.15, 0.2) is 39.9 Å². The highest BCUT2D eigenvalue weighted by molar-refractivity contribution is 5.95. The molecule has 0 saturated carbocycles. The van der Waals surface area contributed by atoms with Gasteiger partial charge in [-0.1, -0.05) is 0 Å². The Kier molecular flexibility index (Phi) is 3.12. The summed E-state index contributed by atoms with van der Waals surface area (Å²) in [6.45, 7) is 2.01. The molecule has 1 aliphatic rings. The molecule has 1 N–H and O–H groups in total. The predicted molar refractivity (Wildman–Crippen MR) is 71.1 cm³/mol. The molecular weight excluding hydrogens is 260 g/mol. The summed E-state index contributed by atoms with van der Waals surface area (Å²) in [4.78, 5) is 11.9. The van der Waals surface area contributed by atoms with E-state index in [1.54, 1.807) is 24.3 Å². The lowest BCUT2D eigenvalue weighted by Crippen LogP contribution is -2.17. The number of furan rings is 1. The molecule has 1 aliphatic heterocycles. The van der Waals surface area contributed by atoms with Gasteiger partial charge >= 0.3 is 0 Å². The van der Waals surface area contributed by atoms with E-state index in [1.807, 2.05) is 13.0 Å². The quantitative estimate of drug-likeness (QED) is 0.685. The minimum atomic E-state index is -0.331. The Morgan fingerprint density at radius 3 is 2.90 bits per heavy atom. The van der Waals surface area contributed by atoms with E-state index >= 15 is 0 Å². The van der Waals surface area contributed by atoms with Gasteiger partial charge < -0.3 is 13.9 Å². The van der Waals surface area contributed by atoms with Crippen LogP contribution in [0.4, 0.5) is 0 Å². The molecule has 0 atom stereocenters. The number of nitrogens with zero attached hydrogens (tertiary/aromatic N) is 1. The first-order chi connectivity index (χ1) is 9.72. The van der Waals surface area contributed by atoms with Crippen LogP contribution in [0.3, 0.4) is 0 Å². The standard InChI is InChI=1S/C14H12N2O4/c1-9-2-4-11(20-9)7-15-16-14(17)10-3-5-12-13(6-10)19-8-18-12/h2-7H,8H2,1H3,(H,16,17). The van der Waals surface area contributed by atoms with E-state index in [0.717, 1.165) is 5.76 Å². The monoisotopic (exact) mass is 272 g/mol. The average Bonchev–Trinajstić information content (AvgIpc) is 3.06. The summed E-state index contributed by atoms with van der Waals surface area (Å²) in [5.74, 6) is 2.23. The smallest absolute Gasteiger partial charge is 0.271 e. The highest BCUT2D eigenvalue weighted by Crippen LogP contribution is 2.32. The second kappa shape index (κ2) is 5.08. The molecule has 2 heterocycles. The molecule has 3 rings (SSSR count). The molecular formula is C14H12N2O4. The van der Waals surface area contributed by atoms with E-state index in [0.29, 0.717) is 22.8 Å². The number of aryl methyl sites for hydroxylation is 1. The van der Waals surface area contributed by atoms with Crippen LogP contribution in [0.5, 0.6) is 11.5 Å². The van der Waals surface area contributed by atoms with Gasteiger partial charge in [0.25, 0.3) is 5.91 Å². The second-order valence-corrected chi connectivity index (χ2v) is 4.22. The number of amides is 1. The van der Waals surface area contributed by atoms with Crippen LogP contribution >= 0.6 is 0 Å². The molecule has 1 aromatic carbocycles. The molecule has 0 fully saturated rings. The highest BCUT2D eigenvalue weighted by atomic mass is 16.7. The number of carbonyl (C=O) groups is 1. The van der Waals surface area contributed by atoms with Crippen LogP contribution in [-0.4, -0.2) is 18.9 Å². The van der Waals surface area contributed by atoms with Crippen molar-refractivity contribution in [2.75, 3.05) is 6.79 Å². The molecule has 0 aliphatic carbocycles. The van der Waals surface area contributed by atoms with Crippen molar-refractivity contribution >= 4 is 12.1 Å². The third-order valence-electron chi connectivity index (χ3n) is 2.75. The number of benzene rings is 1. The lowest BCUT2D eigenvalue weighted by Gasteiger charge is -2.01. The Labute approximate surface area is 115 Å². The predicted octanol–water partition coefficient (Wildman–Crippen LogP) is 2.08.